The van der Waals surface area contributed by atoms with E-state index in [4.69, 9.17) is 0 Å². The summed E-state index contributed by atoms with van der Waals surface area (Å²) in [7, 11) is 0. The van der Waals surface area contributed by atoms with Crippen molar-refractivity contribution in [1.29, 1.82) is 0 Å². The zero-order valence-corrected chi connectivity index (χ0v) is 19.2. The fourth-order valence-electron chi connectivity index (χ4n) is 7.02. The maximum absolute atomic E-state index is 2.53. The second-order valence-corrected chi connectivity index (χ2v) is 10.6. The number of hydrogen-bond donors (Lipinski definition) is 0. The molecule has 0 N–H and O–H groups in total. The second kappa shape index (κ2) is 10.3. The molecular weight excluding hydrogens is 348 g/mol. The summed E-state index contributed by atoms with van der Waals surface area (Å²) in [5.41, 5.74) is 4.89. The van der Waals surface area contributed by atoms with Crippen LogP contribution in [-0.4, -0.2) is 0 Å². The van der Waals surface area contributed by atoms with Crippen molar-refractivity contribution < 1.29 is 0 Å². The topological polar surface area (TPSA) is 0 Å². The third kappa shape index (κ3) is 5.36. The van der Waals surface area contributed by atoms with Gasteiger partial charge in [0.05, 0.1) is 0 Å². The quantitative estimate of drug-likeness (QED) is 0.409. The van der Waals surface area contributed by atoms with E-state index >= 15 is 0 Å². The molecule has 3 aliphatic carbocycles. The Balaban J connectivity index is 1.30. The molecule has 29 heavy (non-hydrogen) atoms. The maximum Gasteiger partial charge on any atom is -0.0244 e. The molecule has 0 bridgehead atoms. The molecule has 1 aromatic carbocycles. The fourth-order valence-corrected chi connectivity index (χ4v) is 7.02. The van der Waals surface area contributed by atoms with Gasteiger partial charge >= 0.3 is 0 Å². The van der Waals surface area contributed by atoms with E-state index in [-0.39, 0.29) is 0 Å². The summed E-state index contributed by atoms with van der Waals surface area (Å²) in [6, 6.07) is 7.43. The molecule has 0 heteroatoms. The molecule has 160 valence electrons. The molecule has 0 saturated heterocycles. The number of aryl methyl sites for hydroxylation is 2. The summed E-state index contributed by atoms with van der Waals surface area (Å²) in [6.45, 7) is 4.47. The third-order valence-corrected chi connectivity index (χ3v) is 8.77. The molecule has 5 atom stereocenters. The smallest absolute Gasteiger partial charge is 0.0244 e. The molecule has 0 radical (unpaired) electrons. The van der Waals surface area contributed by atoms with E-state index < -0.39 is 0 Å². The molecule has 0 aliphatic heterocycles. The van der Waals surface area contributed by atoms with Crippen LogP contribution in [0, 0.1) is 29.6 Å². The molecular formula is C29H44. The van der Waals surface area contributed by atoms with Crippen LogP contribution in [0.5, 0.6) is 0 Å². The van der Waals surface area contributed by atoms with Gasteiger partial charge in [0, 0.05) is 0 Å². The summed E-state index contributed by atoms with van der Waals surface area (Å²) in [4.78, 5) is 0. The lowest BCUT2D eigenvalue weighted by atomic mass is 9.61. The Bertz CT molecular complexity index is 669. The lowest BCUT2D eigenvalue weighted by Gasteiger charge is -2.45. The Morgan fingerprint density at radius 3 is 2.52 bits per heavy atom. The Labute approximate surface area is 180 Å². The first-order chi connectivity index (χ1) is 14.3. The number of unbranched alkanes of at least 4 members (excludes halogenated alkanes) is 1. The van der Waals surface area contributed by atoms with E-state index in [1.165, 1.54) is 64.2 Å². The summed E-state index contributed by atoms with van der Waals surface area (Å²) < 4.78 is 0. The average Bonchev–Trinajstić information content (AvgIpc) is 2.77. The fraction of sp³-hybridized carbons (Fsp3) is 0.724. The minimum absolute atomic E-state index is 0.968. The summed E-state index contributed by atoms with van der Waals surface area (Å²) in [6.07, 6.45) is 24.7. The van der Waals surface area contributed by atoms with E-state index in [2.05, 4.69) is 44.2 Å². The van der Waals surface area contributed by atoms with Crippen LogP contribution in [0.1, 0.15) is 101 Å². The molecule has 4 rings (SSSR count). The highest BCUT2D eigenvalue weighted by molar-refractivity contribution is 5.34. The standard InChI is InChI=1S/C29H44/c1-3-5-7-9-23-11-13-27-21-29(17-15-25(27)19-23)28-16-14-24-18-22(8-6-4-2)10-12-26(24)20-28/h3,5,11,13,19,22,24,26,28-29H,4,6-10,12,14-18,20-21H2,1-2H3/b5-3+. The minimum atomic E-state index is 0.968. The molecule has 0 amide bonds. The number of hydrogen-bond acceptors (Lipinski definition) is 0. The molecule has 1 aromatic rings. The SMILES string of the molecule is C/C=C/CCc1ccc2c(c1)CCC(C1CCC3CC(CCCC)CCC3C1)C2. The highest BCUT2D eigenvalue weighted by Gasteiger charge is 2.38. The molecule has 0 nitrogen and oxygen atoms in total. The number of benzene rings is 1. The number of fused-ring (bicyclic) bond motifs is 2. The summed E-state index contributed by atoms with van der Waals surface area (Å²) >= 11 is 0. The van der Waals surface area contributed by atoms with Crippen molar-refractivity contribution in [2.24, 2.45) is 29.6 Å². The van der Waals surface area contributed by atoms with Gasteiger partial charge in [0.15, 0.2) is 0 Å². The molecule has 2 saturated carbocycles. The van der Waals surface area contributed by atoms with Gasteiger partial charge in [-0.3, -0.25) is 0 Å². The van der Waals surface area contributed by atoms with Gasteiger partial charge in [-0.05, 0) is 117 Å². The van der Waals surface area contributed by atoms with Gasteiger partial charge in [0.2, 0.25) is 0 Å². The van der Waals surface area contributed by atoms with Crippen LogP contribution in [0.2, 0.25) is 0 Å². The zero-order valence-electron chi connectivity index (χ0n) is 19.2. The van der Waals surface area contributed by atoms with Gasteiger partial charge in [0.1, 0.15) is 0 Å². The van der Waals surface area contributed by atoms with Crippen molar-refractivity contribution in [3.63, 3.8) is 0 Å². The van der Waals surface area contributed by atoms with E-state index in [1.807, 2.05) is 0 Å². The largest absolute Gasteiger partial charge is 0.0917 e. The molecule has 2 fully saturated rings. The van der Waals surface area contributed by atoms with E-state index in [9.17, 15) is 0 Å². The minimum Gasteiger partial charge on any atom is -0.0917 e. The van der Waals surface area contributed by atoms with Crippen LogP contribution >= 0.6 is 0 Å². The van der Waals surface area contributed by atoms with Crippen LogP contribution < -0.4 is 0 Å². The van der Waals surface area contributed by atoms with Gasteiger partial charge in [-0.1, -0.05) is 63.0 Å². The first-order valence-electron chi connectivity index (χ1n) is 13.0. The van der Waals surface area contributed by atoms with Crippen molar-refractivity contribution in [1.82, 2.24) is 0 Å². The van der Waals surface area contributed by atoms with E-state index in [0.29, 0.717) is 0 Å². The molecule has 0 spiro atoms. The Hall–Kier alpha value is -1.04. The van der Waals surface area contributed by atoms with Crippen LogP contribution in [-0.2, 0) is 19.3 Å². The highest BCUT2D eigenvalue weighted by atomic mass is 14.4. The molecule has 3 aliphatic rings. The molecule has 5 unspecified atom stereocenters. The van der Waals surface area contributed by atoms with Gasteiger partial charge in [-0.2, -0.15) is 0 Å². The van der Waals surface area contributed by atoms with Crippen LogP contribution in [0.25, 0.3) is 0 Å². The predicted octanol–water partition coefficient (Wildman–Crippen LogP) is 8.32. The van der Waals surface area contributed by atoms with Crippen molar-refractivity contribution in [2.75, 3.05) is 0 Å². The summed E-state index contributed by atoms with van der Waals surface area (Å²) in [5, 5.41) is 0. The second-order valence-electron chi connectivity index (χ2n) is 10.6. The van der Waals surface area contributed by atoms with Crippen molar-refractivity contribution >= 4 is 0 Å². The van der Waals surface area contributed by atoms with Crippen molar-refractivity contribution in [3.05, 3.63) is 47.0 Å². The van der Waals surface area contributed by atoms with Gasteiger partial charge in [-0.25, -0.2) is 0 Å². The molecule has 0 heterocycles. The normalized spacial score (nSPS) is 32.1. The number of rotatable bonds is 7. The lowest BCUT2D eigenvalue weighted by molar-refractivity contribution is 0.0691. The third-order valence-electron chi connectivity index (χ3n) is 8.77. The Morgan fingerprint density at radius 1 is 0.897 bits per heavy atom. The van der Waals surface area contributed by atoms with Gasteiger partial charge < -0.3 is 0 Å². The van der Waals surface area contributed by atoms with Crippen molar-refractivity contribution in [3.8, 4) is 0 Å². The lowest BCUT2D eigenvalue weighted by Crippen LogP contribution is -2.35. The first-order valence-corrected chi connectivity index (χ1v) is 13.0. The predicted molar refractivity (Wildman–Crippen MR) is 126 cm³/mol. The van der Waals surface area contributed by atoms with Crippen LogP contribution in [0.3, 0.4) is 0 Å². The van der Waals surface area contributed by atoms with Gasteiger partial charge in [0.25, 0.3) is 0 Å². The Morgan fingerprint density at radius 2 is 1.69 bits per heavy atom. The summed E-state index contributed by atoms with van der Waals surface area (Å²) in [5.74, 6) is 5.21. The monoisotopic (exact) mass is 392 g/mol. The molecule has 0 aromatic heterocycles. The highest BCUT2D eigenvalue weighted by Crippen LogP contribution is 2.49. The van der Waals surface area contributed by atoms with Gasteiger partial charge in [-0.15, -0.1) is 0 Å². The first kappa shape index (κ1) is 21.2. The van der Waals surface area contributed by atoms with E-state index in [0.717, 1.165) is 29.6 Å². The zero-order chi connectivity index (χ0) is 20.1. The maximum atomic E-state index is 2.53. The van der Waals surface area contributed by atoms with Crippen LogP contribution in [0.15, 0.2) is 30.4 Å². The van der Waals surface area contributed by atoms with E-state index in [1.54, 1.807) is 42.4 Å². The van der Waals surface area contributed by atoms with Crippen molar-refractivity contribution in [2.45, 2.75) is 104 Å². The average molecular weight is 393 g/mol. The van der Waals surface area contributed by atoms with Crippen LogP contribution in [0.4, 0.5) is 0 Å². The number of allylic oxidation sites excluding steroid dienone is 2. The Kier molecular flexibility index (Phi) is 7.54.